The number of Topliss-reactive ketones (excluding diaryl/α,β-unsaturated/α-hetero) is 1. The van der Waals surface area contributed by atoms with Crippen LogP contribution in [0.25, 0.3) is 0 Å². The Balaban J connectivity index is 1.45. The number of benzene rings is 1. The van der Waals surface area contributed by atoms with Gasteiger partial charge in [-0.2, -0.15) is 5.10 Å². The number of hydrogen-bond donors (Lipinski definition) is 2. The van der Waals surface area contributed by atoms with Crippen molar-refractivity contribution in [2.75, 3.05) is 6.54 Å². The number of carbonyl (C=O) groups excluding carboxylic acids is 3. The molecule has 1 spiro atoms. The lowest BCUT2D eigenvalue weighted by Gasteiger charge is -2.37. The third-order valence-corrected chi connectivity index (χ3v) is 6.74. The number of amides is 2. The molecule has 4 rings (SSSR count). The quantitative estimate of drug-likeness (QED) is 0.764. The van der Waals surface area contributed by atoms with Crippen LogP contribution in [0, 0.1) is 13.8 Å². The second-order valence-electron chi connectivity index (χ2n) is 8.97. The summed E-state index contributed by atoms with van der Waals surface area (Å²) in [4.78, 5) is 40.2. The third-order valence-electron chi connectivity index (χ3n) is 6.74. The van der Waals surface area contributed by atoms with E-state index in [9.17, 15) is 14.4 Å². The number of para-hydroxylation sites is 1. The number of carbonyl (C=O) groups is 3. The van der Waals surface area contributed by atoms with Gasteiger partial charge in [0.25, 0.3) is 0 Å². The first-order valence-corrected chi connectivity index (χ1v) is 11.1. The maximum Gasteiger partial charge on any atom is 0.242 e. The molecule has 0 bridgehead atoms. The van der Waals surface area contributed by atoms with E-state index in [-0.39, 0.29) is 36.5 Å². The number of fused-ring (bicyclic) bond motifs is 1. The van der Waals surface area contributed by atoms with Crippen LogP contribution in [-0.4, -0.2) is 50.9 Å². The minimum atomic E-state index is -0.704. The van der Waals surface area contributed by atoms with Gasteiger partial charge in [0, 0.05) is 30.6 Å². The highest BCUT2D eigenvalue weighted by molar-refractivity contribution is 6.00. The molecule has 3 atom stereocenters. The van der Waals surface area contributed by atoms with Gasteiger partial charge in [-0.15, -0.1) is 0 Å². The monoisotopic (exact) mass is 438 g/mol. The molecule has 0 saturated carbocycles. The molecular weight excluding hydrogens is 408 g/mol. The van der Waals surface area contributed by atoms with Crippen molar-refractivity contribution in [3.05, 3.63) is 46.8 Å². The highest BCUT2D eigenvalue weighted by atomic mass is 16.5. The molecular formula is C24H30N4O4. The first kappa shape index (κ1) is 22.0. The van der Waals surface area contributed by atoms with Crippen LogP contribution in [0.1, 0.15) is 72.9 Å². The van der Waals surface area contributed by atoms with Gasteiger partial charge in [-0.25, -0.2) is 0 Å². The van der Waals surface area contributed by atoms with Gasteiger partial charge in [0.05, 0.1) is 23.7 Å². The summed E-state index contributed by atoms with van der Waals surface area (Å²) in [5.74, 6) is 0.309. The van der Waals surface area contributed by atoms with Crippen LogP contribution >= 0.6 is 0 Å². The van der Waals surface area contributed by atoms with Crippen molar-refractivity contribution in [2.24, 2.45) is 0 Å². The summed E-state index contributed by atoms with van der Waals surface area (Å²) in [6.45, 7) is 7.83. The van der Waals surface area contributed by atoms with E-state index in [2.05, 4.69) is 15.5 Å². The van der Waals surface area contributed by atoms with Crippen molar-refractivity contribution in [1.29, 1.82) is 0 Å². The second kappa shape index (κ2) is 8.41. The maximum absolute atomic E-state index is 13.0. The molecule has 0 radical (unpaired) electrons. The number of hydrogen-bond acceptors (Lipinski definition) is 5. The lowest BCUT2D eigenvalue weighted by atomic mass is 9.84. The van der Waals surface area contributed by atoms with E-state index < -0.39 is 11.6 Å². The van der Waals surface area contributed by atoms with Crippen LogP contribution in [0.2, 0.25) is 0 Å². The Kier molecular flexibility index (Phi) is 5.79. The summed E-state index contributed by atoms with van der Waals surface area (Å²) in [6.07, 6.45) is 1.46. The Morgan fingerprint density at radius 3 is 2.69 bits per heavy atom. The molecule has 2 aliphatic heterocycles. The standard InChI is InChI=1S/C24H30N4O4/c1-14(22-15(2)26-27-16(22)3)25-23(31)17(4)28-12-11-24(10-9-21(28)30)13-19(29)18-7-5-6-8-20(18)32-24/h5-8,14,17H,9-13H2,1-4H3,(H,25,31)(H,26,27)/t14-,17+,24+/m0/s1. The van der Waals surface area contributed by atoms with Crippen LogP contribution in [0.4, 0.5) is 0 Å². The highest BCUT2D eigenvalue weighted by Gasteiger charge is 2.44. The fourth-order valence-corrected chi connectivity index (χ4v) is 4.93. The fraction of sp³-hybridized carbons (Fsp3) is 0.500. The van der Waals surface area contributed by atoms with Crippen LogP contribution < -0.4 is 10.1 Å². The molecule has 2 amide bonds. The number of ketones is 1. The molecule has 170 valence electrons. The van der Waals surface area contributed by atoms with Crippen molar-refractivity contribution >= 4 is 17.6 Å². The summed E-state index contributed by atoms with van der Waals surface area (Å²) >= 11 is 0. The summed E-state index contributed by atoms with van der Waals surface area (Å²) in [6, 6.07) is 6.39. The Morgan fingerprint density at radius 2 is 1.97 bits per heavy atom. The molecule has 2 aromatic rings. The molecule has 0 aliphatic carbocycles. The fourth-order valence-electron chi connectivity index (χ4n) is 4.93. The third kappa shape index (κ3) is 4.01. The summed E-state index contributed by atoms with van der Waals surface area (Å²) in [5.41, 5.74) is 2.60. The van der Waals surface area contributed by atoms with Crippen LogP contribution in [-0.2, 0) is 9.59 Å². The molecule has 32 heavy (non-hydrogen) atoms. The second-order valence-corrected chi connectivity index (χ2v) is 8.97. The SMILES string of the molecule is Cc1n[nH]c(C)c1[C@H](C)NC(=O)[C@@H](C)N1CC[C@]2(CCC1=O)CC(=O)c1ccccc1O2. The normalized spacial score (nSPS) is 22.7. The smallest absolute Gasteiger partial charge is 0.242 e. The number of aromatic amines is 1. The van der Waals surface area contributed by atoms with Crippen LogP contribution in [0.3, 0.4) is 0 Å². The van der Waals surface area contributed by atoms with E-state index in [1.807, 2.05) is 32.9 Å². The Morgan fingerprint density at radius 1 is 1.22 bits per heavy atom. The first-order valence-electron chi connectivity index (χ1n) is 11.1. The molecule has 1 saturated heterocycles. The van der Waals surface area contributed by atoms with Gasteiger partial charge in [0.1, 0.15) is 17.4 Å². The average molecular weight is 439 g/mol. The van der Waals surface area contributed by atoms with Crippen molar-refractivity contribution in [3.63, 3.8) is 0 Å². The largest absolute Gasteiger partial charge is 0.486 e. The number of nitrogens with zero attached hydrogens (tertiary/aromatic N) is 2. The Labute approximate surface area is 187 Å². The zero-order valence-corrected chi connectivity index (χ0v) is 19.0. The number of ether oxygens (including phenoxy) is 1. The van der Waals surface area contributed by atoms with E-state index in [1.54, 1.807) is 24.0 Å². The lowest BCUT2D eigenvalue weighted by Crippen LogP contribution is -2.49. The maximum atomic E-state index is 13.0. The summed E-state index contributed by atoms with van der Waals surface area (Å²) in [7, 11) is 0. The number of aromatic nitrogens is 2. The Bertz CT molecular complexity index is 1040. The van der Waals surface area contributed by atoms with Crippen molar-refractivity contribution < 1.29 is 19.1 Å². The van der Waals surface area contributed by atoms with Gasteiger partial charge < -0.3 is 15.0 Å². The van der Waals surface area contributed by atoms with Crippen molar-refractivity contribution in [2.45, 2.75) is 71.1 Å². The molecule has 0 unspecified atom stereocenters. The van der Waals surface area contributed by atoms with Crippen molar-refractivity contribution in [1.82, 2.24) is 20.4 Å². The molecule has 8 nitrogen and oxygen atoms in total. The summed E-state index contributed by atoms with van der Waals surface area (Å²) < 4.78 is 6.28. The number of H-pyrrole nitrogens is 1. The van der Waals surface area contributed by atoms with E-state index in [0.717, 1.165) is 17.0 Å². The van der Waals surface area contributed by atoms with Crippen LogP contribution in [0.15, 0.2) is 24.3 Å². The number of aryl methyl sites for hydroxylation is 2. The first-order chi connectivity index (χ1) is 15.2. The number of likely N-dealkylation sites (tertiary alicyclic amines) is 1. The van der Waals surface area contributed by atoms with Gasteiger partial charge in [-0.05, 0) is 46.2 Å². The minimum Gasteiger partial charge on any atom is -0.486 e. The highest BCUT2D eigenvalue weighted by Crippen LogP contribution is 2.39. The summed E-state index contributed by atoms with van der Waals surface area (Å²) in [5, 5.41) is 10.1. The molecule has 1 aromatic carbocycles. The zero-order valence-electron chi connectivity index (χ0n) is 19.0. The predicted octanol–water partition coefficient (Wildman–Crippen LogP) is 3.01. The van der Waals surface area contributed by atoms with Gasteiger partial charge in [0.2, 0.25) is 11.8 Å². The molecule has 2 aliphatic rings. The zero-order chi connectivity index (χ0) is 23.0. The molecule has 3 heterocycles. The predicted molar refractivity (Wildman–Crippen MR) is 118 cm³/mol. The van der Waals surface area contributed by atoms with E-state index in [1.165, 1.54) is 0 Å². The molecule has 1 fully saturated rings. The molecule has 8 heteroatoms. The van der Waals surface area contributed by atoms with E-state index in [0.29, 0.717) is 30.7 Å². The van der Waals surface area contributed by atoms with Gasteiger partial charge in [-0.3, -0.25) is 19.5 Å². The lowest BCUT2D eigenvalue weighted by molar-refractivity contribution is -0.139. The number of rotatable bonds is 4. The molecule has 1 aromatic heterocycles. The topological polar surface area (TPSA) is 104 Å². The van der Waals surface area contributed by atoms with Crippen molar-refractivity contribution in [3.8, 4) is 5.75 Å². The van der Waals surface area contributed by atoms with Gasteiger partial charge >= 0.3 is 0 Å². The molecule has 2 N–H and O–H groups in total. The van der Waals surface area contributed by atoms with Gasteiger partial charge in [0.15, 0.2) is 5.78 Å². The average Bonchev–Trinajstić information content (AvgIpc) is 3.01. The van der Waals surface area contributed by atoms with E-state index >= 15 is 0 Å². The van der Waals surface area contributed by atoms with Gasteiger partial charge in [-0.1, -0.05) is 12.1 Å². The minimum absolute atomic E-state index is 0.0400. The number of nitrogens with one attached hydrogen (secondary N) is 2. The Hall–Kier alpha value is -3.16. The van der Waals surface area contributed by atoms with Crippen LogP contribution in [0.5, 0.6) is 5.75 Å². The van der Waals surface area contributed by atoms with E-state index in [4.69, 9.17) is 4.74 Å².